The smallest absolute Gasteiger partial charge is 0.415 e. The molecule has 0 radical (unpaired) electrons. The van der Waals surface area contributed by atoms with E-state index in [1.54, 1.807) is 38.3 Å². The van der Waals surface area contributed by atoms with Crippen LogP contribution in [-0.2, 0) is 15.1 Å². The number of nitrogens with one attached hydrogen (secondary N) is 1. The molecule has 1 unspecified atom stereocenters. The molecule has 17 heavy (non-hydrogen) atoms. The second kappa shape index (κ2) is 4.08. The van der Waals surface area contributed by atoms with Crippen LogP contribution in [0.15, 0.2) is 24.3 Å². The van der Waals surface area contributed by atoms with Gasteiger partial charge in [-0.25, -0.2) is 4.79 Å². The van der Waals surface area contributed by atoms with Crippen LogP contribution in [0, 0.1) is 0 Å². The fraction of sp³-hybridized carbons (Fsp3) is 0.333. The quantitative estimate of drug-likeness (QED) is 0.863. The maximum Gasteiger partial charge on any atom is 0.415 e. The molecule has 1 saturated heterocycles. The Bertz CT molecular complexity index is 454. The summed E-state index contributed by atoms with van der Waals surface area (Å²) in [6, 6.07) is 6.90. The number of cyclic esters (lactones) is 1. The third-order valence-electron chi connectivity index (χ3n) is 2.90. The fourth-order valence-corrected chi connectivity index (χ4v) is 1.91. The van der Waals surface area contributed by atoms with Gasteiger partial charge in [0.15, 0.2) is 0 Å². The number of benzene rings is 1. The Morgan fingerprint density at radius 2 is 1.94 bits per heavy atom. The zero-order valence-corrected chi connectivity index (χ0v) is 9.65. The van der Waals surface area contributed by atoms with Crippen molar-refractivity contribution in [1.82, 2.24) is 5.32 Å². The molecule has 1 aliphatic rings. The third kappa shape index (κ3) is 1.73. The molecule has 1 N–H and O–H groups in total. The van der Waals surface area contributed by atoms with Gasteiger partial charge in [-0.15, -0.1) is 0 Å². The molecule has 1 aromatic rings. The van der Waals surface area contributed by atoms with E-state index in [1.165, 1.54) is 0 Å². The van der Waals surface area contributed by atoms with E-state index in [9.17, 15) is 9.59 Å². The fourth-order valence-electron chi connectivity index (χ4n) is 1.91. The van der Waals surface area contributed by atoms with Gasteiger partial charge in [0, 0.05) is 5.56 Å². The summed E-state index contributed by atoms with van der Waals surface area (Å²) < 4.78 is 10.2. The molecule has 5 heteroatoms. The minimum atomic E-state index is -1.21. The molecule has 5 nitrogen and oxygen atoms in total. The highest BCUT2D eigenvalue weighted by Gasteiger charge is 2.48. The van der Waals surface area contributed by atoms with Crippen LogP contribution in [0.25, 0.3) is 0 Å². The van der Waals surface area contributed by atoms with Crippen molar-refractivity contribution in [2.45, 2.75) is 18.9 Å². The van der Waals surface area contributed by atoms with Crippen molar-refractivity contribution in [3.05, 3.63) is 29.8 Å². The topological polar surface area (TPSA) is 64.6 Å². The monoisotopic (exact) mass is 235 g/mol. The van der Waals surface area contributed by atoms with Crippen LogP contribution >= 0.6 is 0 Å². The van der Waals surface area contributed by atoms with Crippen LogP contribution in [0.2, 0.25) is 0 Å². The van der Waals surface area contributed by atoms with Gasteiger partial charge in [-0.1, -0.05) is 19.1 Å². The van der Waals surface area contributed by atoms with Crippen molar-refractivity contribution in [3.63, 3.8) is 0 Å². The van der Waals surface area contributed by atoms with Gasteiger partial charge in [0.25, 0.3) is 5.91 Å². The minimum Gasteiger partial charge on any atom is -0.497 e. The van der Waals surface area contributed by atoms with Crippen LogP contribution in [0.5, 0.6) is 5.75 Å². The van der Waals surface area contributed by atoms with Crippen molar-refractivity contribution in [1.29, 1.82) is 0 Å². The molecular weight excluding hydrogens is 222 g/mol. The molecule has 90 valence electrons. The summed E-state index contributed by atoms with van der Waals surface area (Å²) in [6.45, 7) is 1.79. The van der Waals surface area contributed by atoms with Gasteiger partial charge >= 0.3 is 6.09 Å². The highest BCUT2D eigenvalue weighted by Crippen LogP contribution is 2.34. The minimum absolute atomic E-state index is 0.386. The molecule has 1 aliphatic heterocycles. The van der Waals surface area contributed by atoms with Crippen molar-refractivity contribution >= 4 is 12.0 Å². The average Bonchev–Trinajstić information content (AvgIpc) is 2.65. The lowest BCUT2D eigenvalue weighted by atomic mass is 9.90. The number of ether oxygens (including phenoxy) is 2. The maximum atomic E-state index is 11.8. The summed E-state index contributed by atoms with van der Waals surface area (Å²) in [5, 5.41) is 2.15. The molecule has 1 atom stereocenters. The summed E-state index contributed by atoms with van der Waals surface area (Å²) in [5.41, 5.74) is -0.562. The first-order chi connectivity index (χ1) is 8.12. The highest BCUT2D eigenvalue weighted by molar-refractivity contribution is 6.03. The standard InChI is InChI=1S/C12H13NO4/c1-3-12(10(14)13-11(15)17-12)8-4-6-9(16-2)7-5-8/h4-7H,3H2,1-2H3,(H,13,14,15). The van der Waals surface area contributed by atoms with Crippen molar-refractivity contribution in [3.8, 4) is 5.75 Å². The first-order valence-corrected chi connectivity index (χ1v) is 5.31. The SMILES string of the molecule is CCC1(c2ccc(OC)cc2)OC(=O)NC1=O. The molecule has 2 rings (SSSR count). The molecule has 0 spiro atoms. The van der Waals surface area contributed by atoms with Crippen molar-refractivity contribution < 1.29 is 19.1 Å². The Labute approximate surface area is 98.7 Å². The maximum absolute atomic E-state index is 11.8. The van der Waals surface area contributed by atoms with Crippen LogP contribution in [0.4, 0.5) is 4.79 Å². The predicted octanol–water partition coefficient (Wildman–Crippen LogP) is 1.57. The largest absolute Gasteiger partial charge is 0.497 e. The van der Waals surface area contributed by atoms with Crippen LogP contribution < -0.4 is 10.1 Å². The van der Waals surface area contributed by atoms with Gasteiger partial charge < -0.3 is 9.47 Å². The van der Waals surface area contributed by atoms with Crippen molar-refractivity contribution in [2.24, 2.45) is 0 Å². The van der Waals surface area contributed by atoms with Gasteiger partial charge in [0.2, 0.25) is 5.60 Å². The molecular formula is C12H13NO4. The summed E-state index contributed by atoms with van der Waals surface area (Å²) >= 11 is 0. The van der Waals surface area contributed by atoms with E-state index >= 15 is 0 Å². The zero-order chi connectivity index (χ0) is 12.5. The van der Waals surface area contributed by atoms with Crippen LogP contribution in [0.3, 0.4) is 0 Å². The predicted molar refractivity (Wildman–Crippen MR) is 59.6 cm³/mol. The lowest BCUT2D eigenvalue weighted by molar-refractivity contribution is -0.132. The van der Waals surface area contributed by atoms with Gasteiger partial charge in [0.05, 0.1) is 7.11 Å². The lowest BCUT2D eigenvalue weighted by Crippen LogP contribution is -2.35. The van der Waals surface area contributed by atoms with Gasteiger partial charge in [0.1, 0.15) is 5.75 Å². The van der Waals surface area contributed by atoms with Gasteiger partial charge in [-0.05, 0) is 18.6 Å². The Hall–Kier alpha value is -2.04. The third-order valence-corrected chi connectivity index (χ3v) is 2.90. The van der Waals surface area contributed by atoms with E-state index in [0.29, 0.717) is 17.7 Å². The van der Waals surface area contributed by atoms with Crippen LogP contribution in [0.1, 0.15) is 18.9 Å². The van der Waals surface area contributed by atoms with E-state index < -0.39 is 17.6 Å². The van der Waals surface area contributed by atoms with E-state index in [0.717, 1.165) is 0 Å². The Morgan fingerprint density at radius 3 is 2.35 bits per heavy atom. The molecule has 1 heterocycles. The highest BCUT2D eigenvalue weighted by atomic mass is 16.6. The first-order valence-electron chi connectivity index (χ1n) is 5.31. The number of methoxy groups -OCH3 is 1. The Morgan fingerprint density at radius 1 is 1.29 bits per heavy atom. The number of rotatable bonds is 3. The summed E-state index contributed by atoms with van der Waals surface area (Å²) in [4.78, 5) is 22.9. The van der Waals surface area contributed by atoms with Crippen LogP contribution in [-0.4, -0.2) is 19.1 Å². The summed E-state index contributed by atoms with van der Waals surface area (Å²) in [6.07, 6.45) is -0.315. The lowest BCUT2D eigenvalue weighted by Gasteiger charge is -2.23. The molecule has 1 aromatic carbocycles. The van der Waals surface area contributed by atoms with E-state index in [2.05, 4.69) is 5.32 Å². The number of amides is 2. The van der Waals surface area contributed by atoms with Gasteiger partial charge in [-0.3, -0.25) is 10.1 Å². The Kier molecular flexibility index (Phi) is 2.75. The zero-order valence-electron chi connectivity index (χ0n) is 9.65. The molecule has 2 amide bonds. The summed E-state index contributed by atoms with van der Waals surface area (Å²) in [7, 11) is 1.56. The summed E-state index contributed by atoms with van der Waals surface area (Å²) in [5.74, 6) is 0.264. The average molecular weight is 235 g/mol. The number of alkyl carbamates (subject to hydrolysis) is 1. The second-order valence-corrected chi connectivity index (χ2v) is 3.75. The van der Waals surface area contributed by atoms with E-state index in [4.69, 9.17) is 9.47 Å². The normalized spacial score (nSPS) is 23.2. The molecule has 0 aromatic heterocycles. The van der Waals surface area contributed by atoms with E-state index in [1.807, 2.05) is 0 Å². The second-order valence-electron chi connectivity index (χ2n) is 3.75. The number of carbonyl (C=O) groups excluding carboxylic acids is 2. The molecule has 0 aliphatic carbocycles. The molecule has 0 saturated carbocycles. The number of carbonyl (C=O) groups is 2. The van der Waals surface area contributed by atoms with Gasteiger partial charge in [-0.2, -0.15) is 0 Å². The molecule has 1 fully saturated rings. The molecule has 0 bridgehead atoms. The number of imide groups is 1. The Balaban J connectivity index is 2.41. The number of hydrogen-bond acceptors (Lipinski definition) is 4. The first kappa shape index (κ1) is 11.4. The number of hydrogen-bond donors (Lipinski definition) is 1. The van der Waals surface area contributed by atoms with Crippen molar-refractivity contribution in [2.75, 3.05) is 7.11 Å². The van der Waals surface area contributed by atoms with E-state index in [-0.39, 0.29) is 0 Å².